The summed E-state index contributed by atoms with van der Waals surface area (Å²) in [4.78, 5) is 39.1. The van der Waals surface area contributed by atoms with Gasteiger partial charge in [-0.15, -0.1) is 0 Å². The molecule has 5 rings (SSSR count). The van der Waals surface area contributed by atoms with E-state index in [9.17, 15) is 19.5 Å². The van der Waals surface area contributed by atoms with E-state index in [4.69, 9.17) is 9.47 Å². The molecular weight excluding hydrogens is 448 g/mol. The molecule has 8 nitrogen and oxygen atoms in total. The van der Waals surface area contributed by atoms with Crippen molar-refractivity contribution in [2.45, 2.75) is 43.7 Å². The SMILES string of the molecule is CC1(C(=O)O)CN(C(=O)[C@@H]2CCC[C@@H]2NC(=O)OCC2c3ccccc3-c3ccccc32)CCO1. The molecule has 2 aromatic rings. The van der Waals surface area contributed by atoms with Crippen LogP contribution in [0.25, 0.3) is 11.1 Å². The van der Waals surface area contributed by atoms with Gasteiger partial charge in [0, 0.05) is 18.5 Å². The van der Waals surface area contributed by atoms with Crippen molar-refractivity contribution in [2.75, 3.05) is 26.3 Å². The van der Waals surface area contributed by atoms with Gasteiger partial charge in [0.2, 0.25) is 5.91 Å². The first kappa shape index (κ1) is 23.4. The molecule has 1 saturated heterocycles. The fourth-order valence-electron chi connectivity index (χ4n) is 5.64. The van der Waals surface area contributed by atoms with Crippen molar-refractivity contribution in [2.24, 2.45) is 5.92 Å². The minimum absolute atomic E-state index is 0.00463. The molecule has 2 amide bonds. The monoisotopic (exact) mass is 478 g/mol. The number of hydrogen-bond donors (Lipinski definition) is 2. The van der Waals surface area contributed by atoms with E-state index in [1.165, 1.54) is 6.92 Å². The van der Waals surface area contributed by atoms with E-state index in [0.717, 1.165) is 28.7 Å². The van der Waals surface area contributed by atoms with Crippen LogP contribution in [0.4, 0.5) is 4.79 Å². The zero-order valence-corrected chi connectivity index (χ0v) is 19.7. The molecular formula is C27H30N2O6. The summed E-state index contributed by atoms with van der Waals surface area (Å²) in [5.74, 6) is -1.65. The largest absolute Gasteiger partial charge is 0.479 e. The fraction of sp³-hybridized carbons (Fsp3) is 0.444. The Bertz CT molecular complexity index is 1100. The number of carboxylic acid groups (broad SMARTS) is 1. The first-order valence-corrected chi connectivity index (χ1v) is 12.1. The van der Waals surface area contributed by atoms with E-state index < -0.39 is 23.6 Å². The van der Waals surface area contributed by atoms with Gasteiger partial charge in [-0.1, -0.05) is 55.0 Å². The number of ether oxygens (including phenoxy) is 2. The quantitative estimate of drug-likeness (QED) is 0.683. The Kier molecular flexibility index (Phi) is 6.23. The number of nitrogens with zero attached hydrogens (tertiary/aromatic N) is 1. The first-order chi connectivity index (χ1) is 16.9. The number of morpholine rings is 1. The number of fused-ring (bicyclic) bond motifs is 3. The number of carboxylic acids is 1. The Balaban J connectivity index is 1.21. The molecule has 2 fully saturated rings. The lowest BCUT2D eigenvalue weighted by atomic mass is 9.98. The van der Waals surface area contributed by atoms with E-state index >= 15 is 0 Å². The number of aliphatic carboxylic acids is 1. The van der Waals surface area contributed by atoms with Crippen LogP contribution in [-0.2, 0) is 19.1 Å². The molecule has 1 heterocycles. The van der Waals surface area contributed by atoms with Gasteiger partial charge in [-0.25, -0.2) is 9.59 Å². The van der Waals surface area contributed by atoms with Gasteiger partial charge in [-0.3, -0.25) is 4.79 Å². The third-order valence-corrected chi connectivity index (χ3v) is 7.52. The van der Waals surface area contributed by atoms with Crippen molar-refractivity contribution in [1.29, 1.82) is 0 Å². The van der Waals surface area contributed by atoms with Crippen LogP contribution in [-0.4, -0.2) is 65.9 Å². The highest BCUT2D eigenvalue weighted by Gasteiger charge is 2.44. The average molecular weight is 479 g/mol. The van der Waals surface area contributed by atoms with Gasteiger partial charge in [-0.05, 0) is 42.0 Å². The van der Waals surface area contributed by atoms with Crippen LogP contribution in [0.2, 0.25) is 0 Å². The van der Waals surface area contributed by atoms with Gasteiger partial charge in [0.1, 0.15) is 6.61 Å². The molecule has 0 spiro atoms. The normalized spacial score (nSPS) is 25.6. The maximum Gasteiger partial charge on any atom is 0.407 e. The standard InChI is InChI=1S/C27H30N2O6/c1-27(25(31)32)16-29(13-14-35-27)24(30)21-11-6-12-23(21)28-26(33)34-15-22-19-9-4-2-7-17(19)18-8-3-5-10-20(18)22/h2-5,7-10,21-23H,6,11-16H2,1H3,(H,28,33)(H,31,32)/t21-,23+,27?/m1/s1. The highest BCUT2D eigenvalue weighted by atomic mass is 16.5. The molecule has 2 aliphatic carbocycles. The summed E-state index contributed by atoms with van der Waals surface area (Å²) < 4.78 is 11.1. The van der Waals surface area contributed by atoms with Crippen molar-refractivity contribution in [3.63, 3.8) is 0 Å². The van der Waals surface area contributed by atoms with Gasteiger partial charge >= 0.3 is 12.1 Å². The number of rotatable bonds is 5. The number of benzene rings is 2. The number of hydrogen-bond acceptors (Lipinski definition) is 5. The molecule has 35 heavy (non-hydrogen) atoms. The zero-order chi connectivity index (χ0) is 24.6. The summed E-state index contributed by atoms with van der Waals surface area (Å²) in [6.07, 6.45) is 1.61. The van der Waals surface area contributed by atoms with E-state index in [-0.39, 0.29) is 37.6 Å². The van der Waals surface area contributed by atoms with Gasteiger partial charge in [-0.2, -0.15) is 0 Å². The number of amides is 2. The highest BCUT2D eigenvalue weighted by Crippen LogP contribution is 2.44. The summed E-state index contributed by atoms with van der Waals surface area (Å²) in [6.45, 7) is 2.21. The van der Waals surface area contributed by atoms with E-state index in [2.05, 4.69) is 29.6 Å². The van der Waals surface area contributed by atoms with Crippen LogP contribution in [0, 0.1) is 5.92 Å². The van der Waals surface area contributed by atoms with Gasteiger partial charge in [0.05, 0.1) is 19.1 Å². The third kappa shape index (κ3) is 4.38. The second-order valence-electron chi connectivity index (χ2n) is 9.76. The second-order valence-corrected chi connectivity index (χ2v) is 9.76. The topological polar surface area (TPSA) is 105 Å². The van der Waals surface area contributed by atoms with Crippen LogP contribution in [0.3, 0.4) is 0 Å². The van der Waals surface area contributed by atoms with Gasteiger partial charge in [0.25, 0.3) is 0 Å². The van der Waals surface area contributed by atoms with E-state index in [1.54, 1.807) is 4.90 Å². The lowest BCUT2D eigenvalue weighted by Gasteiger charge is -2.39. The van der Waals surface area contributed by atoms with Gasteiger partial charge in [0.15, 0.2) is 5.60 Å². The number of alkyl carbamates (subject to hydrolysis) is 1. The molecule has 0 radical (unpaired) electrons. The lowest BCUT2D eigenvalue weighted by molar-refractivity contribution is -0.178. The molecule has 184 valence electrons. The van der Waals surface area contributed by atoms with E-state index in [1.807, 2.05) is 24.3 Å². The van der Waals surface area contributed by atoms with Crippen LogP contribution < -0.4 is 5.32 Å². The van der Waals surface area contributed by atoms with Crippen LogP contribution in [0.1, 0.15) is 43.2 Å². The molecule has 0 aromatic heterocycles. The van der Waals surface area contributed by atoms with Crippen molar-refractivity contribution in [3.05, 3.63) is 59.7 Å². The Morgan fingerprint density at radius 2 is 1.74 bits per heavy atom. The molecule has 2 N–H and O–H groups in total. The molecule has 1 unspecified atom stereocenters. The third-order valence-electron chi connectivity index (χ3n) is 7.52. The second kappa shape index (κ2) is 9.34. The minimum Gasteiger partial charge on any atom is -0.479 e. The Hall–Kier alpha value is -3.39. The number of carbonyl (C=O) groups is 3. The molecule has 0 bridgehead atoms. The van der Waals surface area contributed by atoms with Crippen molar-refractivity contribution in [3.8, 4) is 11.1 Å². The van der Waals surface area contributed by atoms with Gasteiger partial charge < -0.3 is 24.8 Å². The summed E-state index contributed by atoms with van der Waals surface area (Å²) in [5, 5.41) is 12.4. The summed E-state index contributed by atoms with van der Waals surface area (Å²) in [7, 11) is 0. The van der Waals surface area contributed by atoms with Crippen molar-refractivity contribution >= 4 is 18.0 Å². The molecule has 2 aromatic carbocycles. The number of carbonyl (C=O) groups excluding carboxylic acids is 2. The summed E-state index contributed by atoms with van der Waals surface area (Å²) >= 11 is 0. The Morgan fingerprint density at radius 1 is 1.09 bits per heavy atom. The predicted molar refractivity (Wildman–Crippen MR) is 128 cm³/mol. The summed E-state index contributed by atoms with van der Waals surface area (Å²) in [6, 6.07) is 16.0. The molecule has 1 aliphatic heterocycles. The van der Waals surface area contributed by atoms with Crippen LogP contribution in [0.5, 0.6) is 0 Å². The van der Waals surface area contributed by atoms with Crippen molar-refractivity contribution in [1.82, 2.24) is 10.2 Å². The molecule has 3 atom stereocenters. The van der Waals surface area contributed by atoms with Crippen molar-refractivity contribution < 1.29 is 29.0 Å². The Labute approximate surface area is 204 Å². The number of nitrogens with one attached hydrogen (secondary N) is 1. The molecule has 1 saturated carbocycles. The molecule has 3 aliphatic rings. The fourth-order valence-corrected chi connectivity index (χ4v) is 5.64. The minimum atomic E-state index is -1.41. The first-order valence-electron chi connectivity index (χ1n) is 12.1. The average Bonchev–Trinajstić information content (AvgIpc) is 3.44. The molecule has 8 heteroatoms. The highest BCUT2D eigenvalue weighted by molar-refractivity contribution is 5.83. The predicted octanol–water partition coefficient (Wildman–Crippen LogP) is 3.40. The smallest absolute Gasteiger partial charge is 0.407 e. The lowest BCUT2D eigenvalue weighted by Crippen LogP contribution is -2.58. The summed E-state index contributed by atoms with van der Waals surface area (Å²) in [5.41, 5.74) is 3.20. The van der Waals surface area contributed by atoms with Crippen LogP contribution in [0.15, 0.2) is 48.5 Å². The van der Waals surface area contributed by atoms with Crippen LogP contribution >= 0.6 is 0 Å². The zero-order valence-electron chi connectivity index (χ0n) is 19.7. The maximum atomic E-state index is 13.2. The maximum absolute atomic E-state index is 13.2. The Morgan fingerprint density at radius 3 is 2.40 bits per heavy atom. The van der Waals surface area contributed by atoms with E-state index in [0.29, 0.717) is 19.4 Å².